The van der Waals surface area contributed by atoms with Crippen LogP contribution in [0.3, 0.4) is 0 Å². The molecule has 0 unspecified atom stereocenters. The van der Waals surface area contributed by atoms with Gasteiger partial charge < -0.3 is 9.94 Å². The zero-order valence-electron chi connectivity index (χ0n) is 6.75. The van der Waals surface area contributed by atoms with E-state index in [0.717, 1.165) is 0 Å². The van der Waals surface area contributed by atoms with Gasteiger partial charge in [-0.15, -0.1) is 10.2 Å². The van der Waals surface area contributed by atoms with Crippen LogP contribution in [0, 0.1) is 0 Å². The molecule has 3 N–H and O–H groups in total. The van der Waals surface area contributed by atoms with Crippen LogP contribution in [-0.4, -0.2) is 37.9 Å². The van der Waals surface area contributed by atoms with Gasteiger partial charge in [-0.1, -0.05) is 0 Å². The average Bonchev–Trinajstić information content (AvgIpc) is 2.48. The summed E-state index contributed by atoms with van der Waals surface area (Å²) in [5.41, 5.74) is 0. The van der Waals surface area contributed by atoms with Crippen LogP contribution in [0.1, 0.15) is 5.82 Å². The zero-order valence-corrected chi connectivity index (χ0v) is 6.75. The van der Waals surface area contributed by atoms with Crippen molar-refractivity contribution in [2.45, 2.75) is 13.0 Å². The molecule has 0 aliphatic heterocycles. The molecule has 0 aliphatic carbocycles. The summed E-state index contributed by atoms with van der Waals surface area (Å²) in [6.07, 6.45) is -0.233. The van der Waals surface area contributed by atoms with E-state index >= 15 is 0 Å². The van der Waals surface area contributed by atoms with E-state index in [4.69, 9.17) is 11.0 Å². The Morgan fingerprint density at radius 2 is 2.46 bits per heavy atom. The standard InChI is InChI=1S/C5H9N5O3/c6-13-2-1-10-8-4(7-9-10)3-5(11)12/h1-3,6H2,(H,11,12). The van der Waals surface area contributed by atoms with Crippen LogP contribution in [0.5, 0.6) is 0 Å². The summed E-state index contributed by atoms with van der Waals surface area (Å²) < 4.78 is 0. The minimum Gasteiger partial charge on any atom is -0.481 e. The molecule has 0 spiro atoms. The van der Waals surface area contributed by atoms with Gasteiger partial charge >= 0.3 is 5.97 Å². The number of hydrogen-bond donors (Lipinski definition) is 2. The third-order valence-electron chi connectivity index (χ3n) is 1.21. The number of aromatic nitrogens is 4. The van der Waals surface area contributed by atoms with Gasteiger partial charge in [0.05, 0.1) is 13.2 Å². The van der Waals surface area contributed by atoms with Crippen molar-refractivity contribution < 1.29 is 14.7 Å². The molecule has 1 heterocycles. The number of aliphatic carboxylic acids is 1. The van der Waals surface area contributed by atoms with Gasteiger partial charge in [0.2, 0.25) is 0 Å². The second-order valence-electron chi connectivity index (χ2n) is 2.24. The second kappa shape index (κ2) is 4.48. The van der Waals surface area contributed by atoms with E-state index in [2.05, 4.69) is 20.2 Å². The molecule has 0 aliphatic rings. The fourth-order valence-electron chi connectivity index (χ4n) is 0.712. The Hall–Kier alpha value is -1.54. The van der Waals surface area contributed by atoms with Crippen molar-refractivity contribution in [3.8, 4) is 0 Å². The molecule has 0 bridgehead atoms. The Morgan fingerprint density at radius 1 is 1.69 bits per heavy atom. The van der Waals surface area contributed by atoms with Crippen LogP contribution >= 0.6 is 0 Å². The fourth-order valence-corrected chi connectivity index (χ4v) is 0.712. The summed E-state index contributed by atoms with van der Waals surface area (Å²) in [5.74, 6) is 3.96. The molecule has 0 saturated carbocycles. The summed E-state index contributed by atoms with van der Waals surface area (Å²) in [5, 5.41) is 19.3. The van der Waals surface area contributed by atoms with E-state index in [1.807, 2.05) is 0 Å². The summed E-state index contributed by atoms with van der Waals surface area (Å²) >= 11 is 0. The maximum atomic E-state index is 10.2. The number of carboxylic acid groups (broad SMARTS) is 1. The largest absolute Gasteiger partial charge is 0.481 e. The topological polar surface area (TPSA) is 116 Å². The molecule has 72 valence electrons. The van der Waals surface area contributed by atoms with Crippen molar-refractivity contribution >= 4 is 5.97 Å². The summed E-state index contributed by atoms with van der Waals surface area (Å²) in [6, 6.07) is 0. The van der Waals surface area contributed by atoms with Gasteiger partial charge in [-0.3, -0.25) is 4.79 Å². The molecule has 1 aromatic rings. The molecular formula is C5H9N5O3. The van der Waals surface area contributed by atoms with Gasteiger partial charge in [-0.05, 0) is 5.21 Å². The third kappa shape index (κ3) is 3.13. The lowest BCUT2D eigenvalue weighted by Crippen LogP contribution is -2.12. The minimum absolute atomic E-state index is 0.171. The van der Waals surface area contributed by atoms with Crippen LogP contribution in [-0.2, 0) is 22.6 Å². The normalized spacial score (nSPS) is 10.2. The molecule has 0 fully saturated rings. The van der Waals surface area contributed by atoms with Gasteiger partial charge in [0.15, 0.2) is 5.82 Å². The number of hydrogen-bond acceptors (Lipinski definition) is 6. The van der Waals surface area contributed by atoms with Gasteiger partial charge in [-0.2, -0.15) is 4.80 Å². The smallest absolute Gasteiger partial charge is 0.311 e. The summed E-state index contributed by atoms with van der Waals surface area (Å²) in [4.78, 5) is 15.7. The maximum absolute atomic E-state index is 10.2. The highest BCUT2D eigenvalue weighted by Gasteiger charge is 2.06. The third-order valence-corrected chi connectivity index (χ3v) is 1.21. The minimum atomic E-state index is -0.991. The Balaban J connectivity index is 2.48. The molecule has 1 aromatic heterocycles. The van der Waals surface area contributed by atoms with Gasteiger partial charge in [-0.25, -0.2) is 5.90 Å². The fraction of sp³-hybridized carbons (Fsp3) is 0.600. The predicted octanol–water partition coefficient (Wildman–Crippen LogP) is -1.81. The van der Waals surface area contributed by atoms with Crippen molar-refractivity contribution in [1.29, 1.82) is 0 Å². The zero-order chi connectivity index (χ0) is 9.68. The van der Waals surface area contributed by atoms with E-state index in [9.17, 15) is 4.79 Å². The van der Waals surface area contributed by atoms with Crippen molar-refractivity contribution in [2.75, 3.05) is 6.61 Å². The van der Waals surface area contributed by atoms with Crippen LogP contribution in [0.15, 0.2) is 0 Å². The van der Waals surface area contributed by atoms with Crippen molar-refractivity contribution in [1.82, 2.24) is 20.2 Å². The number of carbonyl (C=O) groups is 1. The Bertz CT molecular complexity index is 285. The van der Waals surface area contributed by atoms with E-state index in [1.54, 1.807) is 0 Å². The molecule has 8 nitrogen and oxygen atoms in total. The number of nitrogens with two attached hydrogens (primary N) is 1. The molecular weight excluding hydrogens is 178 g/mol. The molecule has 0 radical (unpaired) electrons. The van der Waals surface area contributed by atoms with Crippen LogP contribution in [0.4, 0.5) is 0 Å². The Morgan fingerprint density at radius 3 is 3.08 bits per heavy atom. The maximum Gasteiger partial charge on any atom is 0.311 e. The summed E-state index contributed by atoms with van der Waals surface area (Å²) in [6.45, 7) is 0.603. The average molecular weight is 187 g/mol. The van der Waals surface area contributed by atoms with E-state index in [1.165, 1.54) is 4.80 Å². The van der Waals surface area contributed by atoms with Gasteiger partial charge in [0.25, 0.3) is 0 Å². The Kier molecular flexibility index (Phi) is 3.29. The SMILES string of the molecule is NOCCn1nnc(CC(=O)O)n1. The predicted molar refractivity (Wildman–Crippen MR) is 39.3 cm³/mol. The monoisotopic (exact) mass is 187 g/mol. The lowest BCUT2D eigenvalue weighted by atomic mass is 10.4. The highest BCUT2D eigenvalue weighted by Crippen LogP contribution is 1.88. The lowest BCUT2D eigenvalue weighted by Gasteiger charge is -1.94. The first kappa shape index (κ1) is 9.55. The van der Waals surface area contributed by atoms with Crippen LogP contribution in [0.2, 0.25) is 0 Å². The Labute approximate surface area is 73.2 Å². The number of nitrogens with zero attached hydrogens (tertiary/aromatic N) is 4. The second-order valence-corrected chi connectivity index (χ2v) is 2.24. The first-order valence-corrected chi connectivity index (χ1v) is 3.52. The van der Waals surface area contributed by atoms with Crippen molar-refractivity contribution in [3.05, 3.63) is 5.82 Å². The first-order valence-electron chi connectivity index (χ1n) is 3.52. The van der Waals surface area contributed by atoms with Gasteiger partial charge in [0, 0.05) is 0 Å². The number of carboxylic acids is 1. The lowest BCUT2D eigenvalue weighted by molar-refractivity contribution is -0.136. The summed E-state index contributed by atoms with van der Waals surface area (Å²) in [7, 11) is 0. The van der Waals surface area contributed by atoms with Crippen molar-refractivity contribution in [3.63, 3.8) is 0 Å². The molecule has 1 rings (SSSR count). The molecule has 0 atom stereocenters. The van der Waals surface area contributed by atoms with Crippen molar-refractivity contribution in [2.24, 2.45) is 5.90 Å². The highest BCUT2D eigenvalue weighted by molar-refractivity contribution is 5.68. The van der Waals surface area contributed by atoms with Gasteiger partial charge in [0.1, 0.15) is 6.42 Å². The first-order chi connectivity index (χ1) is 6.22. The highest BCUT2D eigenvalue weighted by atomic mass is 16.6. The molecule has 0 saturated heterocycles. The van der Waals surface area contributed by atoms with Crippen LogP contribution < -0.4 is 5.90 Å². The molecule has 8 heteroatoms. The molecule has 0 amide bonds. The number of rotatable bonds is 5. The van der Waals surface area contributed by atoms with Crippen LogP contribution in [0.25, 0.3) is 0 Å². The van der Waals surface area contributed by atoms with E-state index in [-0.39, 0.29) is 18.9 Å². The number of tetrazole rings is 1. The van der Waals surface area contributed by atoms with E-state index < -0.39 is 5.97 Å². The molecule has 13 heavy (non-hydrogen) atoms. The molecule has 0 aromatic carbocycles. The quantitative estimate of drug-likeness (QED) is 0.522. The van der Waals surface area contributed by atoms with E-state index in [0.29, 0.717) is 6.54 Å².